The molecule has 1 aromatic rings. The molecule has 1 heterocycles. The van der Waals surface area contributed by atoms with Crippen molar-refractivity contribution in [3.05, 3.63) is 11.7 Å². The van der Waals surface area contributed by atoms with E-state index in [1.807, 2.05) is 13.8 Å². The number of rotatable bonds is 7. The van der Waals surface area contributed by atoms with Gasteiger partial charge in [-0.2, -0.15) is 4.98 Å². The van der Waals surface area contributed by atoms with E-state index >= 15 is 0 Å². The minimum Gasteiger partial charge on any atom is -0.381 e. The van der Waals surface area contributed by atoms with Crippen molar-refractivity contribution in [2.24, 2.45) is 5.73 Å². The Morgan fingerprint density at radius 1 is 1.47 bits per heavy atom. The number of nitrogens with zero attached hydrogens (tertiary/aromatic N) is 2. The summed E-state index contributed by atoms with van der Waals surface area (Å²) in [6.07, 6.45) is 2.26. The second-order valence-electron chi connectivity index (χ2n) is 3.42. The van der Waals surface area contributed by atoms with Crippen LogP contribution in [0.15, 0.2) is 4.52 Å². The summed E-state index contributed by atoms with van der Waals surface area (Å²) in [5.41, 5.74) is 5.78. The summed E-state index contributed by atoms with van der Waals surface area (Å²) in [6, 6.07) is 0.102. The Balaban J connectivity index is 2.35. The average Bonchev–Trinajstić information content (AvgIpc) is 2.66. The third-order valence-electron chi connectivity index (χ3n) is 2.15. The number of ether oxygens (including phenoxy) is 1. The minimum absolute atomic E-state index is 0.102. The van der Waals surface area contributed by atoms with E-state index in [0.29, 0.717) is 37.8 Å². The molecule has 0 radical (unpaired) electrons. The van der Waals surface area contributed by atoms with E-state index < -0.39 is 0 Å². The molecular weight excluding hydrogens is 194 g/mol. The molecule has 1 unspecified atom stereocenters. The Morgan fingerprint density at radius 3 is 2.93 bits per heavy atom. The molecule has 1 aromatic heterocycles. The molecule has 0 saturated heterocycles. The van der Waals surface area contributed by atoms with Crippen molar-refractivity contribution in [2.75, 3.05) is 13.2 Å². The minimum atomic E-state index is 0.102. The van der Waals surface area contributed by atoms with E-state index in [4.69, 9.17) is 15.0 Å². The summed E-state index contributed by atoms with van der Waals surface area (Å²) in [5, 5.41) is 3.85. The molecule has 0 aliphatic carbocycles. The molecule has 0 aliphatic rings. The highest BCUT2D eigenvalue weighted by molar-refractivity contribution is 4.88. The molecule has 2 N–H and O–H groups in total. The quantitative estimate of drug-likeness (QED) is 0.682. The SMILES string of the molecule is CCOCCc1noc(CC(N)CC)n1. The highest BCUT2D eigenvalue weighted by Gasteiger charge is 2.09. The van der Waals surface area contributed by atoms with Gasteiger partial charge in [0.25, 0.3) is 0 Å². The fourth-order valence-electron chi connectivity index (χ4n) is 1.15. The van der Waals surface area contributed by atoms with Gasteiger partial charge in [0.15, 0.2) is 5.82 Å². The van der Waals surface area contributed by atoms with Crippen LogP contribution < -0.4 is 5.73 Å². The van der Waals surface area contributed by atoms with Crippen LogP contribution in [-0.4, -0.2) is 29.4 Å². The van der Waals surface area contributed by atoms with Gasteiger partial charge in [0, 0.05) is 25.5 Å². The fraction of sp³-hybridized carbons (Fsp3) is 0.800. The Hall–Kier alpha value is -0.940. The van der Waals surface area contributed by atoms with Gasteiger partial charge in [-0.05, 0) is 13.3 Å². The van der Waals surface area contributed by atoms with Gasteiger partial charge in [0.1, 0.15) is 0 Å². The van der Waals surface area contributed by atoms with E-state index in [1.54, 1.807) is 0 Å². The highest BCUT2D eigenvalue weighted by atomic mass is 16.5. The Morgan fingerprint density at radius 2 is 2.27 bits per heavy atom. The molecule has 0 amide bonds. The third-order valence-corrected chi connectivity index (χ3v) is 2.15. The van der Waals surface area contributed by atoms with Crippen molar-refractivity contribution < 1.29 is 9.26 Å². The molecule has 0 aromatic carbocycles. The first kappa shape index (κ1) is 12.1. The van der Waals surface area contributed by atoms with Gasteiger partial charge in [-0.15, -0.1) is 0 Å². The number of aromatic nitrogens is 2. The van der Waals surface area contributed by atoms with E-state index in [9.17, 15) is 0 Å². The monoisotopic (exact) mass is 213 g/mol. The average molecular weight is 213 g/mol. The molecule has 5 nitrogen and oxygen atoms in total. The summed E-state index contributed by atoms with van der Waals surface area (Å²) >= 11 is 0. The zero-order valence-corrected chi connectivity index (χ0v) is 9.40. The first-order chi connectivity index (χ1) is 7.26. The van der Waals surface area contributed by atoms with Crippen LogP contribution in [0.1, 0.15) is 32.0 Å². The second-order valence-corrected chi connectivity index (χ2v) is 3.42. The maximum atomic E-state index is 5.78. The highest BCUT2D eigenvalue weighted by Crippen LogP contribution is 2.03. The standard InChI is InChI=1S/C10H19N3O2/c1-3-8(11)7-10-12-9(13-15-10)5-6-14-4-2/h8H,3-7,11H2,1-2H3. The molecule has 1 atom stereocenters. The molecule has 1 rings (SSSR count). The van der Waals surface area contributed by atoms with Crippen LogP contribution in [0.2, 0.25) is 0 Å². The van der Waals surface area contributed by atoms with Gasteiger partial charge < -0.3 is 15.0 Å². The van der Waals surface area contributed by atoms with E-state index in [-0.39, 0.29) is 6.04 Å². The smallest absolute Gasteiger partial charge is 0.228 e. The zero-order chi connectivity index (χ0) is 11.1. The lowest BCUT2D eigenvalue weighted by Crippen LogP contribution is -2.21. The Kier molecular flexibility index (Phi) is 5.28. The lowest BCUT2D eigenvalue weighted by molar-refractivity contribution is 0.149. The van der Waals surface area contributed by atoms with E-state index in [0.717, 1.165) is 6.42 Å². The van der Waals surface area contributed by atoms with Gasteiger partial charge in [-0.1, -0.05) is 12.1 Å². The number of nitrogens with two attached hydrogens (primary N) is 1. The van der Waals surface area contributed by atoms with Crippen LogP contribution in [0.3, 0.4) is 0 Å². The zero-order valence-electron chi connectivity index (χ0n) is 9.40. The van der Waals surface area contributed by atoms with Crippen LogP contribution in [0.4, 0.5) is 0 Å². The largest absolute Gasteiger partial charge is 0.381 e. The maximum absolute atomic E-state index is 5.78. The molecule has 0 bridgehead atoms. The summed E-state index contributed by atoms with van der Waals surface area (Å²) < 4.78 is 10.3. The van der Waals surface area contributed by atoms with Crippen molar-refractivity contribution in [2.45, 2.75) is 39.2 Å². The van der Waals surface area contributed by atoms with Crippen molar-refractivity contribution in [1.82, 2.24) is 10.1 Å². The van der Waals surface area contributed by atoms with Crippen molar-refractivity contribution in [3.63, 3.8) is 0 Å². The molecule has 0 spiro atoms. The topological polar surface area (TPSA) is 74.2 Å². The Labute approximate surface area is 90.0 Å². The first-order valence-corrected chi connectivity index (χ1v) is 5.41. The van der Waals surface area contributed by atoms with Crippen LogP contribution in [-0.2, 0) is 17.6 Å². The Bertz CT molecular complexity index is 275. The van der Waals surface area contributed by atoms with Crippen molar-refractivity contribution in [1.29, 1.82) is 0 Å². The van der Waals surface area contributed by atoms with E-state index in [2.05, 4.69) is 10.1 Å². The lowest BCUT2D eigenvalue weighted by atomic mass is 10.2. The van der Waals surface area contributed by atoms with E-state index in [1.165, 1.54) is 0 Å². The molecule has 5 heteroatoms. The molecule has 0 fully saturated rings. The molecule has 0 saturated carbocycles. The van der Waals surface area contributed by atoms with Crippen LogP contribution in [0.5, 0.6) is 0 Å². The number of hydrogen-bond acceptors (Lipinski definition) is 5. The molecular formula is C10H19N3O2. The van der Waals surface area contributed by atoms with Gasteiger partial charge in [-0.25, -0.2) is 0 Å². The van der Waals surface area contributed by atoms with Gasteiger partial charge in [0.2, 0.25) is 5.89 Å². The fourth-order valence-corrected chi connectivity index (χ4v) is 1.15. The van der Waals surface area contributed by atoms with Crippen LogP contribution >= 0.6 is 0 Å². The third kappa shape index (κ3) is 4.40. The number of hydrogen-bond donors (Lipinski definition) is 1. The summed E-state index contributed by atoms with van der Waals surface area (Å²) in [6.45, 7) is 5.35. The van der Waals surface area contributed by atoms with Crippen LogP contribution in [0, 0.1) is 0 Å². The lowest BCUT2D eigenvalue weighted by Gasteiger charge is -2.02. The molecule has 15 heavy (non-hydrogen) atoms. The molecule has 86 valence electrons. The van der Waals surface area contributed by atoms with Crippen LogP contribution in [0.25, 0.3) is 0 Å². The normalized spacial score (nSPS) is 13.0. The summed E-state index contributed by atoms with van der Waals surface area (Å²) in [7, 11) is 0. The van der Waals surface area contributed by atoms with Gasteiger partial charge in [0.05, 0.1) is 6.61 Å². The van der Waals surface area contributed by atoms with Crippen molar-refractivity contribution >= 4 is 0 Å². The summed E-state index contributed by atoms with van der Waals surface area (Å²) in [4.78, 5) is 4.23. The first-order valence-electron chi connectivity index (χ1n) is 5.41. The summed E-state index contributed by atoms with van der Waals surface area (Å²) in [5.74, 6) is 1.32. The van der Waals surface area contributed by atoms with Gasteiger partial charge in [-0.3, -0.25) is 0 Å². The molecule has 0 aliphatic heterocycles. The predicted molar refractivity (Wildman–Crippen MR) is 56.5 cm³/mol. The predicted octanol–water partition coefficient (Wildman–Crippen LogP) is 0.928. The van der Waals surface area contributed by atoms with Crippen molar-refractivity contribution in [3.8, 4) is 0 Å². The second kappa shape index (κ2) is 6.53. The van der Waals surface area contributed by atoms with Gasteiger partial charge >= 0.3 is 0 Å². The maximum Gasteiger partial charge on any atom is 0.228 e.